The van der Waals surface area contributed by atoms with Crippen molar-refractivity contribution >= 4 is 39.7 Å². The Balaban J connectivity index is 1.45. The Hall–Kier alpha value is -1.92. The van der Waals surface area contributed by atoms with E-state index in [1.54, 1.807) is 0 Å². The molecule has 6 heteroatoms. The van der Waals surface area contributed by atoms with E-state index in [0.717, 1.165) is 48.3 Å². The lowest BCUT2D eigenvalue weighted by Gasteiger charge is -2.33. The maximum atomic E-state index is 5.58. The molecule has 0 amide bonds. The molecule has 2 N–H and O–H groups in total. The Bertz CT molecular complexity index is 852. The highest BCUT2D eigenvalue weighted by Gasteiger charge is 2.17. The number of rotatable bonds is 3. The summed E-state index contributed by atoms with van der Waals surface area (Å²) in [7, 11) is 2.18. The Labute approximate surface area is 179 Å². The Morgan fingerprint density at radius 2 is 1.76 bits per heavy atom. The van der Waals surface area contributed by atoms with E-state index in [0.29, 0.717) is 6.04 Å². The van der Waals surface area contributed by atoms with Gasteiger partial charge in [-0.2, -0.15) is 0 Å². The molecule has 1 saturated carbocycles. The minimum atomic E-state index is 0.507. The second kappa shape index (κ2) is 9.26. The number of nitrogens with zero attached hydrogens (tertiary/aromatic N) is 3. The summed E-state index contributed by atoms with van der Waals surface area (Å²) in [5.41, 5.74) is 3.34. The van der Waals surface area contributed by atoms with E-state index in [9.17, 15) is 0 Å². The molecule has 2 heterocycles. The number of fused-ring (bicyclic) bond motifs is 1. The molecule has 0 unspecified atom stereocenters. The molecule has 0 atom stereocenters. The van der Waals surface area contributed by atoms with Gasteiger partial charge in [0.1, 0.15) is 5.82 Å². The average Bonchev–Trinajstić information content (AvgIpc) is 2.97. The Morgan fingerprint density at radius 3 is 2.48 bits per heavy atom. The van der Waals surface area contributed by atoms with Gasteiger partial charge in [0, 0.05) is 43.3 Å². The highest BCUT2D eigenvalue weighted by atomic mass is 32.1. The van der Waals surface area contributed by atoms with E-state index in [1.807, 2.05) is 0 Å². The van der Waals surface area contributed by atoms with E-state index < -0.39 is 0 Å². The quantitative estimate of drug-likeness (QED) is 0.580. The number of hydrogen-bond donors (Lipinski definition) is 2. The molecule has 5 nitrogen and oxygen atoms in total. The number of pyridine rings is 1. The molecule has 1 aliphatic carbocycles. The van der Waals surface area contributed by atoms with Gasteiger partial charge in [-0.15, -0.1) is 0 Å². The van der Waals surface area contributed by atoms with Crippen molar-refractivity contribution in [2.45, 2.75) is 51.5 Å². The summed E-state index contributed by atoms with van der Waals surface area (Å²) in [6.45, 7) is 6.43. The highest BCUT2D eigenvalue weighted by Crippen LogP contribution is 2.26. The van der Waals surface area contributed by atoms with E-state index >= 15 is 0 Å². The summed E-state index contributed by atoms with van der Waals surface area (Å²) in [6.07, 6.45) is 7.75. The lowest BCUT2D eigenvalue weighted by atomic mass is 10.1. The number of aromatic nitrogens is 1. The number of hydrogen-bond acceptors (Lipinski definition) is 4. The van der Waals surface area contributed by atoms with Crippen LogP contribution in [0.1, 0.15) is 44.1 Å². The van der Waals surface area contributed by atoms with Crippen molar-refractivity contribution in [3.8, 4) is 0 Å². The summed E-state index contributed by atoms with van der Waals surface area (Å²) < 4.78 is 0. The van der Waals surface area contributed by atoms with Crippen LogP contribution in [0.5, 0.6) is 0 Å². The molecule has 0 spiro atoms. The van der Waals surface area contributed by atoms with E-state index in [-0.39, 0.29) is 0 Å². The zero-order valence-electron chi connectivity index (χ0n) is 17.7. The van der Waals surface area contributed by atoms with E-state index in [4.69, 9.17) is 17.2 Å². The first-order chi connectivity index (χ1) is 14.1. The van der Waals surface area contributed by atoms with Crippen LogP contribution in [0.25, 0.3) is 10.9 Å². The largest absolute Gasteiger partial charge is 0.360 e. The van der Waals surface area contributed by atoms with Crippen LogP contribution < -0.4 is 15.5 Å². The molecule has 0 bridgehead atoms. The zero-order valence-corrected chi connectivity index (χ0v) is 18.5. The van der Waals surface area contributed by atoms with Crippen LogP contribution in [0.15, 0.2) is 24.3 Å². The molecule has 1 aliphatic heterocycles. The monoisotopic (exact) mass is 411 g/mol. The van der Waals surface area contributed by atoms with Gasteiger partial charge in [-0.25, -0.2) is 4.98 Å². The Kier molecular flexibility index (Phi) is 6.50. The summed E-state index contributed by atoms with van der Waals surface area (Å²) in [6, 6.07) is 9.10. The molecule has 2 fully saturated rings. The topological polar surface area (TPSA) is 43.4 Å². The van der Waals surface area contributed by atoms with Gasteiger partial charge in [-0.3, -0.25) is 0 Å². The number of benzene rings is 1. The first-order valence-corrected chi connectivity index (χ1v) is 11.4. The predicted octanol–water partition coefficient (Wildman–Crippen LogP) is 4.30. The number of likely N-dealkylation sites (N-methyl/N-ethyl adjacent to an activating group) is 1. The van der Waals surface area contributed by atoms with Crippen molar-refractivity contribution in [1.82, 2.24) is 15.2 Å². The molecule has 1 aromatic carbocycles. The van der Waals surface area contributed by atoms with Gasteiger partial charge in [0.05, 0.1) is 5.52 Å². The van der Waals surface area contributed by atoms with Crippen molar-refractivity contribution in [2.75, 3.05) is 43.4 Å². The van der Waals surface area contributed by atoms with Crippen LogP contribution >= 0.6 is 12.2 Å². The van der Waals surface area contributed by atoms with Gasteiger partial charge in [0.15, 0.2) is 5.11 Å². The van der Waals surface area contributed by atoms with E-state index in [1.165, 1.54) is 49.5 Å². The highest BCUT2D eigenvalue weighted by molar-refractivity contribution is 7.80. The van der Waals surface area contributed by atoms with Gasteiger partial charge in [-0.05, 0) is 68.9 Å². The van der Waals surface area contributed by atoms with Gasteiger partial charge in [0.25, 0.3) is 0 Å². The fourth-order valence-corrected chi connectivity index (χ4v) is 4.71. The summed E-state index contributed by atoms with van der Waals surface area (Å²) in [4.78, 5) is 9.70. The normalized spacial score (nSPS) is 19.2. The van der Waals surface area contributed by atoms with Gasteiger partial charge in [-0.1, -0.05) is 25.7 Å². The smallest absolute Gasteiger partial charge is 0.170 e. The summed E-state index contributed by atoms with van der Waals surface area (Å²) in [5.74, 6) is 1.09. The molecule has 2 aliphatic rings. The third-order valence-corrected chi connectivity index (χ3v) is 6.50. The minimum Gasteiger partial charge on any atom is -0.360 e. The molecule has 1 aromatic heterocycles. The van der Waals surface area contributed by atoms with Crippen LogP contribution in [-0.4, -0.2) is 54.3 Å². The fourth-order valence-electron chi connectivity index (χ4n) is 4.43. The second-order valence-electron chi connectivity index (χ2n) is 8.61. The minimum absolute atomic E-state index is 0.507. The second-order valence-corrected chi connectivity index (χ2v) is 9.01. The molecule has 0 radical (unpaired) electrons. The molecular weight excluding hydrogens is 378 g/mol. The molecule has 1 saturated heterocycles. The SMILES string of the molecule is Cc1cc(N2CCN(C)CC2)nc2ccc(NC(=S)NC3CCCCCC3)cc12. The fraction of sp³-hybridized carbons (Fsp3) is 0.565. The van der Waals surface area contributed by atoms with Gasteiger partial charge < -0.3 is 20.4 Å². The number of aryl methyl sites for hydroxylation is 1. The summed E-state index contributed by atoms with van der Waals surface area (Å²) >= 11 is 5.58. The summed E-state index contributed by atoms with van der Waals surface area (Å²) in [5, 5.41) is 8.83. The lowest BCUT2D eigenvalue weighted by Crippen LogP contribution is -2.44. The maximum Gasteiger partial charge on any atom is 0.170 e. The van der Waals surface area contributed by atoms with E-state index in [2.05, 4.69) is 58.7 Å². The molecule has 4 rings (SSSR count). The van der Waals surface area contributed by atoms with Crippen molar-refractivity contribution in [2.24, 2.45) is 0 Å². The maximum absolute atomic E-state index is 5.58. The molecule has 2 aromatic rings. The molecule has 29 heavy (non-hydrogen) atoms. The standard InChI is InChI=1S/C23H33N5S/c1-17-15-22(28-13-11-27(2)12-14-28)26-21-10-9-19(16-20(17)21)25-23(29)24-18-7-5-3-4-6-8-18/h9-10,15-16,18H,3-8,11-14H2,1-2H3,(H2,24,25,29). The van der Waals surface area contributed by atoms with Crippen LogP contribution in [0, 0.1) is 6.92 Å². The third-order valence-electron chi connectivity index (χ3n) is 6.28. The first kappa shape index (κ1) is 20.4. The van der Waals surface area contributed by atoms with Crippen molar-refractivity contribution in [3.05, 3.63) is 29.8 Å². The van der Waals surface area contributed by atoms with Crippen molar-refractivity contribution in [1.29, 1.82) is 0 Å². The average molecular weight is 412 g/mol. The van der Waals surface area contributed by atoms with Crippen LogP contribution in [0.3, 0.4) is 0 Å². The van der Waals surface area contributed by atoms with Crippen molar-refractivity contribution < 1.29 is 0 Å². The van der Waals surface area contributed by atoms with Crippen LogP contribution in [-0.2, 0) is 0 Å². The van der Waals surface area contributed by atoms with Crippen molar-refractivity contribution in [3.63, 3.8) is 0 Å². The van der Waals surface area contributed by atoms with Crippen LogP contribution in [0.2, 0.25) is 0 Å². The Morgan fingerprint density at radius 1 is 1.03 bits per heavy atom. The zero-order chi connectivity index (χ0) is 20.2. The lowest BCUT2D eigenvalue weighted by molar-refractivity contribution is 0.312. The van der Waals surface area contributed by atoms with Gasteiger partial charge >= 0.3 is 0 Å². The van der Waals surface area contributed by atoms with Crippen LogP contribution in [0.4, 0.5) is 11.5 Å². The number of anilines is 2. The predicted molar refractivity (Wildman–Crippen MR) is 127 cm³/mol. The number of piperazine rings is 1. The molecule has 156 valence electrons. The van der Waals surface area contributed by atoms with Gasteiger partial charge in [0.2, 0.25) is 0 Å². The molecular formula is C23H33N5S. The number of nitrogens with one attached hydrogen (secondary N) is 2. The third kappa shape index (κ3) is 5.17. The first-order valence-electron chi connectivity index (χ1n) is 11.0. The number of thiocarbonyl (C=S) groups is 1.